The SMILES string of the molecule is Nc1ncnc2c1c(-c1ccc(Oc3ccccc3)cc1)cn2[C@H]1CC[C@@H](N2CCOCC2)CC1. The molecule has 0 atom stereocenters. The molecule has 2 aromatic heterocycles. The van der Waals surface area contributed by atoms with Gasteiger partial charge in [-0.1, -0.05) is 30.3 Å². The van der Waals surface area contributed by atoms with Crippen LogP contribution >= 0.6 is 0 Å². The number of benzene rings is 2. The molecular formula is C28H31N5O2. The molecule has 180 valence electrons. The molecule has 7 heteroatoms. The van der Waals surface area contributed by atoms with Gasteiger partial charge in [0, 0.05) is 36.9 Å². The Morgan fingerprint density at radius 2 is 1.51 bits per heavy atom. The van der Waals surface area contributed by atoms with E-state index in [-0.39, 0.29) is 0 Å². The number of fused-ring (bicyclic) bond motifs is 1. The van der Waals surface area contributed by atoms with Gasteiger partial charge in [-0.05, 0) is 55.5 Å². The van der Waals surface area contributed by atoms with Crippen LogP contribution in [0.25, 0.3) is 22.2 Å². The van der Waals surface area contributed by atoms with Crippen molar-refractivity contribution in [2.24, 2.45) is 0 Å². The maximum Gasteiger partial charge on any atom is 0.146 e. The average Bonchev–Trinajstić information content (AvgIpc) is 3.31. The molecule has 2 aliphatic rings. The zero-order valence-corrected chi connectivity index (χ0v) is 19.8. The fraction of sp³-hybridized carbons (Fsp3) is 0.357. The molecule has 35 heavy (non-hydrogen) atoms. The van der Waals surface area contributed by atoms with Crippen LogP contribution in [0.15, 0.2) is 67.1 Å². The highest BCUT2D eigenvalue weighted by molar-refractivity contribution is 6.00. The number of hydrogen-bond donors (Lipinski definition) is 1. The monoisotopic (exact) mass is 469 g/mol. The standard InChI is InChI=1S/C28H31N5O2/c29-27-26-25(20-6-12-24(13-7-20)35-23-4-2-1-3-5-23)18-33(28(26)31-19-30-27)22-10-8-21(9-11-22)32-14-16-34-17-15-32/h1-7,12-13,18-19,21-22H,8-11,14-17H2,(H2,29,30,31)/t21-,22+. The Bertz CT molecular complexity index is 1270. The maximum absolute atomic E-state index is 6.38. The van der Waals surface area contributed by atoms with E-state index in [1.54, 1.807) is 6.33 Å². The summed E-state index contributed by atoms with van der Waals surface area (Å²) in [6.45, 7) is 3.83. The normalized spacial score (nSPS) is 21.3. The van der Waals surface area contributed by atoms with E-state index in [1.807, 2.05) is 42.5 Å². The zero-order chi connectivity index (χ0) is 23.6. The number of morpholine rings is 1. The molecule has 1 aliphatic heterocycles. The summed E-state index contributed by atoms with van der Waals surface area (Å²) < 4.78 is 13.9. The van der Waals surface area contributed by atoms with Gasteiger partial charge in [-0.15, -0.1) is 0 Å². The molecule has 7 nitrogen and oxygen atoms in total. The second kappa shape index (κ2) is 9.68. The van der Waals surface area contributed by atoms with Crippen molar-refractivity contribution in [2.45, 2.75) is 37.8 Å². The van der Waals surface area contributed by atoms with Gasteiger partial charge < -0.3 is 19.8 Å². The molecule has 2 aromatic carbocycles. The van der Waals surface area contributed by atoms with Gasteiger partial charge in [0.05, 0.1) is 18.6 Å². The van der Waals surface area contributed by atoms with Crippen molar-refractivity contribution < 1.29 is 9.47 Å². The van der Waals surface area contributed by atoms with Crippen molar-refractivity contribution >= 4 is 16.9 Å². The van der Waals surface area contributed by atoms with Crippen LogP contribution in [0.1, 0.15) is 31.7 Å². The Morgan fingerprint density at radius 3 is 2.26 bits per heavy atom. The summed E-state index contributed by atoms with van der Waals surface area (Å²) in [4.78, 5) is 11.6. The molecule has 0 spiro atoms. The molecule has 0 unspecified atom stereocenters. The van der Waals surface area contributed by atoms with Crippen molar-refractivity contribution in [1.29, 1.82) is 0 Å². The van der Waals surface area contributed by atoms with Crippen LogP contribution in [-0.2, 0) is 4.74 Å². The summed E-state index contributed by atoms with van der Waals surface area (Å²) in [6.07, 6.45) is 8.48. The summed E-state index contributed by atoms with van der Waals surface area (Å²) in [5.74, 6) is 2.15. The molecule has 3 heterocycles. The molecule has 1 saturated heterocycles. The Kier molecular flexibility index (Phi) is 6.10. The van der Waals surface area contributed by atoms with Crippen molar-refractivity contribution in [3.05, 3.63) is 67.1 Å². The second-order valence-electron chi connectivity index (χ2n) is 9.46. The lowest BCUT2D eigenvalue weighted by molar-refractivity contribution is 0.00558. The molecule has 0 radical (unpaired) electrons. The number of aromatic nitrogens is 3. The topological polar surface area (TPSA) is 78.4 Å². The molecule has 1 aliphatic carbocycles. The number of nitrogens with two attached hydrogens (primary N) is 1. The molecule has 0 bridgehead atoms. The maximum atomic E-state index is 6.38. The fourth-order valence-electron chi connectivity index (χ4n) is 5.58. The summed E-state index contributed by atoms with van der Waals surface area (Å²) in [6, 6.07) is 19.1. The third-order valence-electron chi connectivity index (χ3n) is 7.40. The van der Waals surface area contributed by atoms with Crippen molar-refractivity contribution in [3.63, 3.8) is 0 Å². The van der Waals surface area contributed by atoms with E-state index in [9.17, 15) is 0 Å². The van der Waals surface area contributed by atoms with Crippen LogP contribution in [0.3, 0.4) is 0 Å². The van der Waals surface area contributed by atoms with E-state index in [0.717, 1.165) is 72.8 Å². The van der Waals surface area contributed by atoms with E-state index in [4.69, 9.17) is 15.2 Å². The van der Waals surface area contributed by atoms with Gasteiger partial charge in [-0.2, -0.15) is 0 Å². The van der Waals surface area contributed by atoms with E-state index < -0.39 is 0 Å². The minimum atomic E-state index is 0.415. The van der Waals surface area contributed by atoms with E-state index in [2.05, 4.69) is 37.8 Å². The summed E-state index contributed by atoms with van der Waals surface area (Å²) in [7, 11) is 0. The van der Waals surface area contributed by atoms with Gasteiger partial charge in [-0.3, -0.25) is 4.90 Å². The van der Waals surface area contributed by atoms with E-state index >= 15 is 0 Å². The predicted molar refractivity (Wildman–Crippen MR) is 138 cm³/mol. The minimum absolute atomic E-state index is 0.415. The first kappa shape index (κ1) is 22.1. The fourth-order valence-corrected chi connectivity index (χ4v) is 5.58. The number of para-hydroxylation sites is 1. The van der Waals surface area contributed by atoms with Gasteiger partial charge in [0.2, 0.25) is 0 Å². The van der Waals surface area contributed by atoms with Gasteiger partial charge >= 0.3 is 0 Å². The average molecular weight is 470 g/mol. The molecule has 4 aromatic rings. The lowest BCUT2D eigenvalue weighted by Gasteiger charge is -2.39. The first-order valence-corrected chi connectivity index (χ1v) is 12.5. The number of ether oxygens (including phenoxy) is 2. The minimum Gasteiger partial charge on any atom is -0.457 e. The summed E-state index contributed by atoms with van der Waals surface area (Å²) >= 11 is 0. The lowest BCUT2D eigenvalue weighted by Crippen LogP contribution is -2.45. The quantitative estimate of drug-likeness (QED) is 0.428. The van der Waals surface area contributed by atoms with Gasteiger partial charge in [0.1, 0.15) is 29.3 Å². The summed E-state index contributed by atoms with van der Waals surface area (Å²) in [5, 5.41) is 0.930. The molecule has 6 rings (SSSR count). The highest BCUT2D eigenvalue weighted by atomic mass is 16.5. The van der Waals surface area contributed by atoms with Crippen LogP contribution in [-0.4, -0.2) is 51.8 Å². The highest BCUT2D eigenvalue weighted by Crippen LogP contribution is 2.39. The number of rotatable bonds is 5. The smallest absolute Gasteiger partial charge is 0.146 e. The predicted octanol–water partition coefficient (Wildman–Crippen LogP) is 5.29. The van der Waals surface area contributed by atoms with Gasteiger partial charge in [0.25, 0.3) is 0 Å². The van der Waals surface area contributed by atoms with Crippen LogP contribution in [0.2, 0.25) is 0 Å². The van der Waals surface area contributed by atoms with Crippen molar-refractivity contribution in [2.75, 3.05) is 32.0 Å². The van der Waals surface area contributed by atoms with E-state index in [1.165, 1.54) is 12.8 Å². The Morgan fingerprint density at radius 1 is 0.829 bits per heavy atom. The van der Waals surface area contributed by atoms with Crippen molar-refractivity contribution in [1.82, 2.24) is 19.4 Å². The van der Waals surface area contributed by atoms with Crippen LogP contribution in [0.5, 0.6) is 11.5 Å². The number of anilines is 1. The van der Waals surface area contributed by atoms with Crippen LogP contribution in [0, 0.1) is 0 Å². The largest absolute Gasteiger partial charge is 0.457 e. The van der Waals surface area contributed by atoms with Crippen molar-refractivity contribution in [3.8, 4) is 22.6 Å². The molecule has 2 fully saturated rings. The molecular weight excluding hydrogens is 438 g/mol. The Hall–Kier alpha value is -3.42. The Labute approximate surface area is 205 Å². The molecule has 1 saturated carbocycles. The molecule has 2 N–H and O–H groups in total. The van der Waals surface area contributed by atoms with Crippen LogP contribution in [0.4, 0.5) is 5.82 Å². The van der Waals surface area contributed by atoms with Gasteiger partial charge in [-0.25, -0.2) is 9.97 Å². The number of nitrogen functional groups attached to an aromatic ring is 1. The first-order chi connectivity index (χ1) is 17.3. The zero-order valence-electron chi connectivity index (χ0n) is 19.8. The second-order valence-corrected chi connectivity index (χ2v) is 9.46. The van der Waals surface area contributed by atoms with E-state index in [0.29, 0.717) is 17.9 Å². The Balaban J connectivity index is 1.26. The van der Waals surface area contributed by atoms with Crippen LogP contribution < -0.4 is 10.5 Å². The third kappa shape index (κ3) is 4.49. The van der Waals surface area contributed by atoms with Gasteiger partial charge in [0.15, 0.2) is 0 Å². The number of hydrogen-bond acceptors (Lipinski definition) is 6. The summed E-state index contributed by atoms with van der Waals surface area (Å²) in [5.41, 5.74) is 9.45. The lowest BCUT2D eigenvalue weighted by atomic mass is 9.90. The highest BCUT2D eigenvalue weighted by Gasteiger charge is 2.29. The first-order valence-electron chi connectivity index (χ1n) is 12.5. The molecule has 0 amide bonds. The number of nitrogens with zero attached hydrogens (tertiary/aromatic N) is 4. The third-order valence-corrected chi connectivity index (χ3v) is 7.40.